The normalized spacial score (nSPS) is 19.5. The van der Waals surface area contributed by atoms with Crippen LogP contribution in [0.2, 0.25) is 0 Å². The fourth-order valence-corrected chi connectivity index (χ4v) is 3.49. The molecule has 0 radical (unpaired) electrons. The molecule has 0 spiro atoms. The van der Waals surface area contributed by atoms with Gasteiger partial charge in [0.1, 0.15) is 6.26 Å². The number of carbonyl (C=O) groups is 1. The Labute approximate surface area is 127 Å². The Kier molecular flexibility index (Phi) is 4.67. The van der Waals surface area contributed by atoms with Gasteiger partial charge in [0.2, 0.25) is 0 Å². The second-order valence-corrected chi connectivity index (χ2v) is 6.45. The summed E-state index contributed by atoms with van der Waals surface area (Å²) in [6.45, 7) is 3.90. The summed E-state index contributed by atoms with van der Waals surface area (Å²) in [5, 5.41) is 8.72. The fourth-order valence-electron chi connectivity index (χ4n) is 2.74. The lowest BCUT2D eigenvalue weighted by Gasteiger charge is -2.32. The first kappa shape index (κ1) is 14.3. The summed E-state index contributed by atoms with van der Waals surface area (Å²) in [4.78, 5) is 15.7. The smallest absolute Gasteiger partial charge is 0.273 e. The van der Waals surface area contributed by atoms with Crippen LogP contribution in [-0.4, -0.2) is 35.6 Å². The van der Waals surface area contributed by atoms with Crippen LogP contribution in [-0.2, 0) is 6.54 Å². The molecule has 0 aliphatic carbocycles. The van der Waals surface area contributed by atoms with Crippen molar-refractivity contribution in [3.8, 4) is 0 Å². The van der Waals surface area contributed by atoms with Gasteiger partial charge in [0.15, 0.2) is 5.69 Å². The average molecular weight is 305 g/mol. The van der Waals surface area contributed by atoms with Crippen LogP contribution in [0, 0.1) is 5.92 Å². The molecule has 6 heteroatoms. The van der Waals surface area contributed by atoms with Gasteiger partial charge in [0.25, 0.3) is 5.91 Å². The van der Waals surface area contributed by atoms with Crippen LogP contribution in [0.1, 0.15) is 28.2 Å². The lowest BCUT2D eigenvalue weighted by molar-refractivity contribution is 0.0922. The van der Waals surface area contributed by atoms with Crippen LogP contribution < -0.4 is 5.32 Å². The third-order valence-corrected chi connectivity index (χ3v) is 4.65. The molecule has 1 fully saturated rings. The minimum absolute atomic E-state index is 0.154. The van der Waals surface area contributed by atoms with E-state index in [1.54, 1.807) is 17.4 Å². The molecule has 0 unspecified atom stereocenters. The number of nitrogens with zero attached hydrogens (tertiary/aromatic N) is 2. The average Bonchev–Trinajstić information content (AvgIpc) is 3.18. The van der Waals surface area contributed by atoms with Gasteiger partial charge in [-0.05, 0) is 36.8 Å². The quantitative estimate of drug-likeness (QED) is 0.921. The zero-order valence-electron chi connectivity index (χ0n) is 11.8. The molecule has 1 saturated heterocycles. The number of aromatic nitrogens is 1. The first-order valence-corrected chi connectivity index (χ1v) is 8.12. The minimum Gasteiger partial charge on any atom is -0.364 e. The molecule has 0 bridgehead atoms. The fraction of sp³-hybridized carbons (Fsp3) is 0.467. The van der Waals surface area contributed by atoms with E-state index >= 15 is 0 Å². The van der Waals surface area contributed by atoms with Crippen molar-refractivity contribution < 1.29 is 9.32 Å². The van der Waals surface area contributed by atoms with Gasteiger partial charge < -0.3 is 9.84 Å². The van der Waals surface area contributed by atoms with E-state index in [0.29, 0.717) is 18.2 Å². The molecule has 3 rings (SSSR count). The molecule has 2 aromatic heterocycles. The lowest BCUT2D eigenvalue weighted by Crippen LogP contribution is -2.40. The van der Waals surface area contributed by atoms with Gasteiger partial charge in [0, 0.05) is 30.6 Å². The minimum atomic E-state index is -0.154. The zero-order valence-corrected chi connectivity index (χ0v) is 12.6. The van der Waals surface area contributed by atoms with E-state index in [1.807, 2.05) is 0 Å². The molecule has 0 saturated carbocycles. The molecule has 1 aliphatic heterocycles. The molecular weight excluding hydrogens is 286 g/mol. The van der Waals surface area contributed by atoms with Crippen molar-refractivity contribution in [2.24, 2.45) is 5.92 Å². The second kappa shape index (κ2) is 6.87. The maximum absolute atomic E-state index is 11.8. The van der Waals surface area contributed by atoms with Gasteiger partial charge in [-0.1, -0.05) is 11.2 Å². The molecule has 1 aliphatic rings. The Morgan fingerprint density at radius 3 is 3.24 bits per heavy atom. The number of thiophene rings is 1. The van der Waals surface area contributed by atoms with Crippen molar-refractivity contribution in [1.82, 2.24) is 15.4 Å². The molecule has 21 heavy (non-hydrogen) atoms. The van der Waals surface area contributed by atoms with Crippen molar-refractivity contribution in [1.29, 1.82) is 0 Å². The summed E-state index contributed by atoms with van der Waals surface area (Å²) < 4.78 is 4.69. The Morgan fingerprint density at radius 1 is 1.52 bits per heavy atom. The summed E-state index contributed by atoms with van der Waals surface area (Å²) >= 11 is 1.80. The second-order valence-electron chi connectivity index (χ2n) is 5.42. The van der Waals surface area contributed by atoms with Crippen LogP contribution in [0.15, 0.2) is 34.4 Å². The van der Waals surface area contributed by atoms with Crippen molar-refractivity contribution in [3.05, 3.63) is 40.4 Å². The third-order valence-electron chi connectivity index (χ3n) is 3.78. The number of likely N-dealkylation sites (tertiary alicyclic amines) is 1. The van der Waals surface area contributed by atoms with Gasteiger partial charge in [-0.25, -0.2) is 0 Å². The van der Waals surface area contributed by atoms with Gasteiger partial charge in [-0.2, -0.15) is 0 Å². The topological polar surface area (TPSA) is 58.4 Å². The number of amides is 1. The summed E-state index contributed by atoms with van der Waals surface area (Å²) in [6.07, 6.45) is 3.77. The number of carbonyl (C=O) groups excluding carboxylic acids is 1. The molecular formula is C15H19N3O2S. The highest BCUT2D eigenvalue weighted by Crippen LogP contribution is 2.20. The maximum Gasteiger partial charge on any atom is 0.273 e. The monoisotopic (exact) mass is 305 g/mol. The SMILES string of the molecule is O=C(NC[C@@H]1CCCN(Cc2cccs2)C1)c1ccon1. The van der Waals surface area contributed by atoms with E-state index in [0.717, 1.165) is 19.6 Å². The molecule has 1 atom stereocenters. The van der Waals surface area contributed by atoms with Crippen molar-refractivity contribution in [2.75, 3.05) is 19.6 Å². The summed E-state index contributed by atoms with van der Waals surface area (Å²) in [5.41, 5.74) is 0.348. The predicted molar refractivity (Wildman–Crippen MR) is 81.2 cm³/mol. The van der Waals surface area contributed by atoms with Crippen molar-refractivity contribution in [2.45, 2.75) is 19.4 Å². The van der Waals surface area contributed by atoms with Crippen molar-refractivity contribution >= 4 is 17.2 Å². The van der Waals surface area contributed by atoms with Gasteiger partial charge >= 0.3 is 0 Å². The van der Waals surface area contributed by atoms with Gasteiger partial charge in [-0.3, -0.25) is 9.69 Å². The van der Waals surface area contributed by atoms with E-state index in [4.69, 9.17) is 0 Å². The molecule has 1 N–H and O–H groups in total. The van der Waals surface area contributed by atoms with Gasteiger partial charge in [-0.15, -0.1) is 11.3 Å². The van der Waals surface area contributed by atoms with E-state index < -0.39 is 0 Å². The number of hydrogen-bond donors (Lipinski definition) is 1. The first-order valence-electron chi connectivity index (χ1n) is 7.24. The van der Waals surface area contributed by atoms with Crippen molar-refractivity contribution in [3.63, 3.8) is 0 Å². The highest BCUT2D eigenvalue weighted by molar-refractivity contribution is 7.09. The third kappa shape index (κ3) is 3.92. The Bertz CT molecular complexity index is 554. The maximum atomic E-state index is 11.8. The van der Waals surface area contributed by atoms with Crippen LogP contribution >= 0.6 is 11.3 Å². The van der Waals surface area contributed by atoms with Gasteiger partial charge in [0.05, 0.1) is 0 Å². The predicted octanol–water partition coefficient (Wildman–Crippen LogP) is 2.38. The summed E-state index contributed by atoms with van der Waals surface area (Å²) in [6, 6.07) is 5.86. The van der Waals surface area contributed by atoms with E-state index in [9.17, 15) is 4.79 Å². The van der Waals surface area contributed by atoms with Crippen LogP contribution in [0.3, 0.4) is 0 Å². The molecule has 0 aromatic carbocycles. The standard InChI is InChI=1S/C15H19N3O2S/c19-15(14-5-7-20-17-14)16-9-12-3-1-6-18(10-12)11-13-4-2-8-21-13/h2,4-5,7-8,12H,1,3,6,9-11H2,(H,16,19)/t12-/m0/s1. The molecule has 112 valence electrons. The van der Waals surface area contributed by atoms with E-state index in [1.165, 1.54) is 24.0 Å². The van der Waals surface area contributed by atoms with Crippen LogP contribution in [0.25, 0.3) is 0 Å². The molecule has 5 nitrogen and oxygen atoms in total. The Balaban J connectivity index is 1.46. The van der Waals surface area contributed by atoms with Crippen LogP contribution in [0.5, 0.6) is 0 Å². The van der Waals surface area contributed by atoms with Crippen LogP contribution in [0.4, 0.5) is 0 Å². The van der Waals surface area contributed by atoms with E-state index in [2.05, 4.69) is 37.4 Å². The Hall–Kier alpha value is -1.66. The zero-order chi connectivity index (χ0) is 14.5. The highest BCUT2D eigenvalue weighted by atomic mass is 32.1. The number of piperidine rings is 1. The number of hydrogen-bond acceptors (Lipinski definition) is 5. The number of nitrogens with one attached hydrogen (secondary N) is 1. The molecule has 3 heterocycles. The number of rotatable bonds is 5. The molecule has 2 aromatic rings. The molecule has 1 amide bonds. The Morgan fingerprint density at radius 2 is 2.48 bits per heavy atom. The van der Waals surface area contributed by atoms with E-state index in [-0.39, 0.29) is 5.91 Å². The summed E-state index contributed by atoms with van der Waals surface area (Å²) in [5.74, 6) is 0.355. The largest absolute Gasteiger partial charge is 0.364 e. The summed E-state index contributed by atoms with van der Waals surface area (Å²) in [7, 11) is 0. The highest BCUT2D eigenvalue weighted by Gasteiger charge is 2.21. The lowest BCUT2D eigenvalue weighted by atomic mass is 9.98. The first-order chi connectivity index (χ1) is 10.3.